The lowest BCUT2D eigenvalue weighted by Gasteiger charge is -2.33. The van der Waals surface area contributed by atoms with E-state index in [0.29, 0.717) is 36.4 Å². The standard InChI is InChI=1S/C21H21N3O3/c1-15-21(26)24(18-10-6-5-9-17(18)22-15)14-20(25)23-11-12-27-19(13-23)16-7-3-2-4-8-16/h2-10,19H,11-14H2,1H3/t19-/m1/s1. The van der Waals surface area contributed by atoms with Crippen molar-refractivity contribution in [3.05, 3.63) is 76.2 Å². The minimum Gasteiger partial charge on any atom is -0.370 e. The summed E-state index contributed by atoms with van der Waals surface area (Å²) in [6.07, 6.45) is -0.142. The van der Waals surface area contributed by atoms with Crippen LogP contribution in [0, 0.1) is 6.92 Å². The minimum atomic E-state index is -0.227. The molecule has 2 heterocycles. The van der Waals surface area contributed by atoms with Gasteiger partial charge in [-0.3, -0.25) is 14.2 Å². The Morgan fingerprint density at radius 2 is 1.89 bits per heavy atom. The number of fused-ring (bicyclic) bond motifs is 1. The van der Waals surface area contributed by atoms with E-state index < -0.39 is 0 Å². The molecule has 1 fully saturated rings. The molecule has 0 unspecified atom stereocenters. The average Bonchev–Trinajstić information content (AvgIpc) is 2.72. The molecular weight excluding hydrogens is 342 g/mol. The third-order valence-electron chi connectivity index (χ3n) is 4.90. The van der Waals surface area contributed by atoms with Gasteiger partial charge in [0, 0.05) is 6.54 Å². The maximum atomic E-state index is 12.9. The molecule has 0 radical (unpaired) electrons. The number of nitrogens with zero attached hydrogens (tertiary/aromatic N) is 3. The molecule has 2 aromatic carbocycles. The fourth-order valence-electron chi connectivity index (χ4n) is 3.46. The Hall–Kier alpha value is -2.99. The summed E-state index contributed by atoms with van der Waals surface area (Å²) in [6, 6.07) is 17.3. The van der Waals surface area contributed by atoms with E-state index in [1.54, 1.807) is 11.8 Å². The first-order chi connectivity index (χ1) is 13.1. The number of carbonyl (C=O) groups excluding carboxylic acids is 1. The van der Waals surface area contributed by atoms with Crippen LogP contribution < -0.4 is 5.56 Å². The van der Waals surface area contributed by atoms with Gasteiger partial charge in [0.25, 0.3) is 5.56 Å². The van der Waals surface area contributed by atoms with E-state index in [2.05, 4.69) is 4.98 Å². The predicted molar refractivity (Wildman–Crippen MR) is 102 cm³/mol. The third kappa shape index (κ3) is 3.48. The molecule has 1 saturated heterocycles. The van der Waals surface area contributed by atoms with Crippen LogP contribution in [0.2, 0.25) is 0 Å². The second kappa shape index (κ2) is 7.32. The lowest BCUT2D eigenvalue weighted by atomic mass is 10.1. The summed E-state index contributed by atoms with van der Waals surface area (Å²) in [5.41, 5.74) is 2.61. The summed E-state index contributed by atoms with van der Waals surface area (Å²) < 4.78 is 7.36. The van der Waals surface area contributed by atoms with Gasteiger partial charge in [0.2, 0.25) is 5.91 Å². The number of aryl methyl sites for hydroxylation is 1. The van der Waals surface area contributed by atoms with E-state index in [9.17, 15) is 9.59 Å². The predicted octanol–water partition coefficient (Wildman–Crippen LogP) is 2.31. The monoisotopic (exact) mass is 363 g/mol. The number of para-hydroxylation sites is 2. The zero-order chi connectivity index (χ0) is 18.8. The molecule has 3 aromatic rings. The molecule has 0 bridgehead atoms. The Bertz CT molecular complexity index is 1030. The van der Waals surface area contributed by atoms with Gasteiger partial charge in [-0.1, -0.05) is 42.5 Å². The summed E-state index contributed by atoms with van der Waals surface area (Å²) in [4.78, 5) is 31.6. The lowest BCUT2D eigenvalue weighted by Crippen LogP contribution is -2.44. The molecule has 1 aliphatic heterocycles. The van der Waals surface area contributed by atoms with Gasteiger partial charge in [-0.2, -0.15) is 0 Å². The maximum Gasteiger partial charge on any atom is 0.272 e. The van der Waals surface area contributed by atoms with Gasteiger partial charge >= 0.3 is 0 Å². The number of hydrogen-bond donors (Lipinski definition) is 0. The van der Waals surface area contributed by atoms with Gasteiger partial charge in [-0.25, -0.2) is 4.98 Å². The summed E-state index contributed by atoms with van der Waals surface area (Å²) in [5, 5.41) is 0. The number of rotatable bonds is 3. The van der Waals surface area contributed by atoms with Crippen molar-refractivity contribution in [1.82, 2.24) is 14.5 Å². The van der Waals surface area contributed by atoms with Gasteiger partial charge in [-0.05, 0) is 24.6 Å². The van der Waals surface area contributed by atoms with Crippen molar-refractivity contribution < 1.29 is 9.53 Å². The highest BCUT2D eigenvalue weighted by molar-refractivity contribution is 5.80. The summed E-state index contributed by atoms with van der Waals surface area (Å²) >= 11 is 0. The van der Waals surface area contributed by atoms with Crippen LogP contribution in [0.3, 0.4) is 0 Å². The first-order valence-electron chi connectivity index (χ1n) is 9.04. The Morgan fingerprint density at radius 3 is 2.70 bits per heavy atom. The van der Waals surface area contributed by atoms with Gasteiger partial charge in [0.05, 0.1) is 24.2 Å². The first kappa shape index (κ1) is 17.4. The second-order valence-electron chi connectivity index (χ2n) is 6.69. The van der Waals surface area contributed by atoms with E-state index in [4.69, 9.17) is 4.74 Å². The summed E-state index contributed by atoms with van der Waals surface area (Å²) in [7, 11) is 0. The molecule has 27 heavy (non-hydrogen) atoms. The van der Waals surface area contributed by atoms with Gasteiger partial charge in [0.1, 0.15) is 18.3 Å². The highest BCUT2D eigenvalue weighted by atomic mass is 16.5. The highest BCUT2D eigenvalue weighted by Crippen LogP contribution is 2.22. The topological polar surface area (TPSA) is 64.4 Å². The Kier molecular flexibility index (Phi) is 4.73. The van der Waals surface area contributed by atoms with E-state index in [-0.39, 0.29) is 24.1 Å². The molecule has 1 amide bonds. The quantitative estimate of drug-likeness (QED) is 0.716. The second-order valence-corrected chi connectivity index (χ2v) is 6.69. The zero-order valence-electron chi connectivity index (χ0n) is 15.2. The minimum absolute atomic E-state index is 0.00418. The van der Waals surface area contributed by atoms with Crippen LogP contribution in [-0.2, 0) is 16.1 Å². The van der Waals surface area contributed by atoms with Crippen LogP contribution in [0.15, 0.2) is 59.4 Å². The zero-order valence-corrected chi connectivity index (χ0v) is 15.2. The Labute approximate surface area is 157 Å². The lowest BCUT2D eigenvalue weighted by molar-refractivity contribution is -0.139. The van der Waals surface area contributed by atoms with Crippen molar-refractivity contribution in [1.29, 1.82) is 0 Å². The Balaban J connectivity index is 1.58. The van der Waals surface area contributed by atoms with Crippen molar-refractivity contribution in [3.8, 4) is 0 Å². The summed E-state index contributed by atoms with van der Waals surface area (Å²) in [6.45, 7) is 3.18. The van der Waals surface area contributed by atoms with Crippen LogP contribution in [0.4, 0.5) is 0 Å². The van der Waals surface area contributed by atoms with E-state index >= 15 is 0 Å². The number of carbonyl (C=O) groups is 1. The van der Waals surface area contributed by atoms with E-state index in [1.165, 1.54) is 4.57 Å². The van der Waals surface area contributed by atoms with Crippen molar-refractivity contribution in [2.24, 2.45) is 0 Å². The molecule has 0 spiro atoms. The molecule has 0 saturated carbocycles. The third-order valence-corrected chi connectivity index (χ3v) is 4.90. The van der Waals surface area contributed by atoms with Crippen molar-refractivity contribution in [2.75, 3.05) is 19.7 Å². The summed E-state index contributed by atoms with van der Waals surface area (Å²) in [5.74, 6) is -0.0860. The van der Waals surface area contributed by atoms with E-state index in [1.807, 2.05) is 54.6 Å². The molecule has 4 rings (SSSR count). The molecule has 6 heteroatoms. The maximum absolute atomic E-state index is 12.9. The fraction of sp³-hybridized carbons (Fsp3) is 0.286. The van der Waals surface area contributed by atoms with Gasteiger partial charge in [-0.15, -0.1) is 0 Å². The number of morpholine rings is 1. The normalized spacial score (nSPS) is 17.2. The fourth-order valence-corrected chi connectivity index (χ4v) is 3.46. The number of benzene rings is 2. The van der Waals surface area contributed by atoms with E-state index in [0.717, 1.165) is 5.56 Å². The molecule has 0 aliphatic carbocycles. The molecule has 138 valence electrons. The highest BCUT2D eigenvalue weighted by Gasteiger charge is 2.26. The molecule has 1 aliphatic rings. The smallest absolute Gasteiger partial charge is 0.272 e. The SMILES string of the molecule is Cc1nc2ccccc2n(CC(=O)N2CCO[C@@H](c3ccccc3)C2)c1=O. The average molecular weight is 363 g/mol. The first-order valence-corrected chi connectivity index (χ1v) is 9.04. The van der Waals surface area contributed by atoms with Crippen LogP contribution >= 0.6 is 0 Å². The van der Waals surface area contributed by atoms with Crippen LogP contribution in [-0.4, -0.2) is 40.1 Å². The number of aromatic nitrogens is 2. The molecular formula is C21H21N3O3. The van der Waals surface area contributed by atoms with Crippen LogP contribution in [0.5, 0.6) is 0 Å². The molecule has 1 aromatic heterocycles. The molecule has 1 atom stereocenters. The number of amides is 1. The molecule has 0 N–H and O–H groups in total. The molecule has 6 nitrogen and oxygen atoms in total. The van der Waals surface area contributed by atoms with Crippen LogP contribution in [0.1, 0.15) is 17.4 Å². The van der Waals surface area contributed by atoms with Crippen molar-refractivity contribution in [2.45, 2.75) is 19.6 Å². The number of ether oxygens (including phenoxy) is 1. The van der Waals surface area contributed by atoms with Gasteiger partial charge < -0.3 is 9.64 Å². The van der Waals surface area contributed by atoms with Crippen LogP contribution in [0.25, 0.3) is 11.0 Å². The van der Waals surface area contributed by atoms with Gasteiger partial charge in [0.15, 0.2) is 0 Å². The number of hydrogen-bond acceptors (Lipinski definition) is 4. The largest absolute Gasteiger partial charge is 0.370 e. The Morgan fingerprint density at radius 1 is 1.15 bits per heavy atom. The van der Waals surface area contributed by atoms with Crippen molar-refractivity contribution in [3.63, 3.8) is 0 Å². The van der Waals surface area contributed by atoms with Crippen molar-refractivity contribution >= 4 is 16.9 Å².